The fraction of sp³-hybridized carbons (Fsp3) is 0.364. The Morgan fingerprint density at radius 2 is 1.88 bits per heavy atom. The highest BCUT2D eigenvalue weighted by Crippen LogP contribution is 2.20. The minimum Gasteiger partial charge on any atom is -0.353 e. The van der Waals surface area contributed by atoms with Crippen molar-refractivity contribution in [2.24, 2.45) is 0 Å². The number of tetrazole rings is 1. The summed E-state index contributed by atoms with van der Waals surface area (Å²) in [7, 11) is 0. The van der Waals surface area contributed by atoms with Crippen molar-refractivity contribution in [1.82, 2.24) is 30.1 Å². The van der Waals surface area contributed by atoms with E-state index in [2.05, 4.69) is 30.7 Å². The van der Waals surface area contributed by atoms with Gasteiger partial charge < -0.3 is 15.1 Å². The highest BCUT2D eigenvalue weighted by atomic mass is 16.2. The first-order chi connectivity index (χ1) is 15.6. The molecule has 0 radical (unpaired) electrons. The second kappa shape index (κ2) is 9.99. The van der Waals surface area contributed by atoms with E-state index in [9.17, 15) is 9.59 Å². The number of nitrogens with one attached hydrogen (secondary N) is 1. The van der Waals surface area contributed by atoms with Crippen LogP contribution < -0.4 is 10.2 Å². The molecule has 0 aliphatic carbocycles. The van der Waals surface area contributed by atoms with E-state index < -0.39 is 0 Å². The minimum atomic E-state index is -0.197. The second-order valence-corrected chi connectivity index (χ2v) is 7.50. The van der Waals surface area contributed by atoms with E-state index in [1.165, 1.54) is 0 Å². The first-order valence-corrected chi connectivity index (χ1v) is 10.7. The average molecular weight is 435 g/mol. The molecule has 2 aromatic heterocycles. The molecule has 32 heavy (non-hydrogen) atoms. The lowest BCUT2D eigenvalue weighted by Crippen LogP contribution is -2.49. The zero-order valence-electron chi connectivity index (χ0n) is 18.0. The van der Waals surface area contributed by atoms with Crippen LogP contribution >= 0.6 is 0 Å². The summed E-state index contributed by atoms with van der Waals surface area (Å²) in [5.41, 5.74) is 1.46. The molecule has 0 bridgehead atoms. The molecule has 1 saturated heterocycles. The lowest BCUT2D eigenvalue weighted by Gasteiger charge is -2.35. The molecule has 3 heterocycles. The summed E-state index contributed by atoms with van der Waals surface area (Å²) in [6.07, 6.45) is 2.09. The third-order valence-corrected chi connectivity index (χ3v) is 5.41. The van der Waals surface area contributed by atoms with Crippen LogP contribution in [0.5, 0.6) is 0 Å². The number of anilines is 2. The van der Waals surface area contributed by atoms with Gasteiger partial charge in [-0.05, 0) is 41.6 Å². The monoisotopic (exact) mass is 434 g/mol. The van der Waals surface area contributed by atoms with Gasteiger partial charge in [0.2, 0.25) is 11.8 Å². The number of carbonyl (C=O) groups excluding carboxylic acids is 2. The van der Waals surface area contributed by atoms with E-state index in [-0.39, 0.29) is 24.7 Å². The second-order valence-electron chi connectivity index (χ2n) is 7.50. The molecule has 1 fully saturated rings. The Labute approximate surface area is 186 Å². The molecule has 0 spiro atoms. The summed E-state index contributed by atoms with van der Waals surface area (Å²) < 4.78 is 1.69. The Bertz CT molecular complexity index is 1060. The number of aryl methyl sites for hydroxylation is 1. The number of carbonyl (C=O) groups is 2. The lowest BCUT2D eigenvalue weighted by atomic mass is 10.1. The normalized spacial score (nSPS) is 13.8. The number of hydrogen-bond donors (Lipinski definition) is 1. The summed E-state index contributed by atoms with van der Waals surface area (Å²) in [6, 6.07) is 13.2. The maximum absolute atomic E-state index is 12.6. The topological polar surface area (TPSA) is 109 Å². The van der Waals surface area contributed by atoms with Crippen molar-refractivity contribution >= 4 is 23.3 Å². The number of aromatic nitrogens is 5. The van der Waals surface area contributed by atoms with Gasteiger partial charge in [0, 0.05) is 63.0 Å². The first kappa shape index (κ1) is 21.4. The van der Waals surface area contributed by atoms with E-state index >= 15 is 0 Å². The van der Waals surface area contributed by atoms with Gasteiger partial charge >= 0.3 is 0 Å². The molecule has 1 aliphatic heterocycles. The summed E-state index contributed by atoms with van der Waals surface area (Å²) >= 11 is 0. The van der Waals surface area contributed by atoms with Gasteiger partial charge in [0.05, 0.1) is 0 Å². The number of hydrogen-bond acceptors (Lipinski definition) is 7. The third-order valence-electron chi connectivity index (χ3n) is 5.41. The highest BCUT2D eigenvalue weighted by molar-refractivity contribution is 5.93. The first-order valence-electron chi connectivity index (χ1n) is 10.7. The van der Waals surface area contributed by atoms with E-state index in [1.807, 2.05) is 48.2 Å². The van der Waals surface area contributed by atoms with Crippen LogP contribution in [-0.4, -0.2) is 68.1 Å². The zero-order chi connectivity index (χ0) is 22.3. The number of benzene rings is 1. The van der Waals surface area contributed by atoms with Crippen LogP contribution in [0, 0.1) is 0 Å². The van der Waals surface area contributed by atoms with Gasteiger partial charge in [-0.2, -0.15) is 0 Å². The molecule has 1 aromatic carbocycles. The molecule has 2 amide bonds. The number of piperazine rings is 1. The Balaban J connectivity index is 1.26. The van der Waals surface area contributed by atoms with Crippen LogP contribution in [0.15, 0.2) is 48.7 Å². The lowest BCUT2D eigenvalue weighted by molar-refractivity contribution is -0.133. The smallest absolute Gasteiger partial charge is 0.224 e. The van der Waals surface area contributed by atoms with Crippen LogP contribution in [-0.2, 0) is 16.1 Å². The van der Waals surface area contributed by atoms with Gasteiger partial charge in [0.15, 0.2) is 5.82 Å². The van der Waals surface area contributed by atoms with Gasteiger partial charge in [-0.3, -0.25) is 9.59 Å². The number of nitrogens with zero attached hydrogens (tertiary/aromatic N) is 7. The van der Waals surface area contributed by atoms with Gasteiger partial charge in [-0.15, -0.1) is 5.10 Å². The SMILES string of the molecule is CCn1nnnc1-c1cccc(NC(=O)CCC(=O)N2CCN(c3ccccn3)CC2)c1. The van der Waals surface area contributed by atoms with Crippen LogP contribution in [0.2, 0.25) is 0 Å². The van der Waals surface area contributed by atoms with Crippen LogP contribution in [0.4, 0.5) is 11.5 Å². The quantitative estimate of drug-likeness (QED) is 0.604. The predicted octanol–water partition coefficient (Wildman–Crippen LogP) is 1.82. The zero-order valence-corrected chi connectivity index (χ0v) is 18.0. The molecular weight excluding hydrogens is 408 g/mol. The largest absolute Gasteiger partial charge is 0.353 e. The third kappa shape index (κ3) is 5.08. The molecular formula is C22H26N8O2. The predicted molar refractivity (Wildman–Crippen MR) is 120 cm³/mol. The Kier molecular flexibility index (Phi) is 6.69. The van der Waals surface area contributed by atoms with Crippen molar-refractivity contribution in [3.63, 3.8) is 0 Å². The van der Waals surface area contributed by atoms with Crippen molar-refractivity contribution in [1.29, 1.82) is 0 Å². The van der Waals surface area contributed by atoms with Crippen molar-refractivity contribution in [3.05, 3.63) is 48.7 Å². The van der Waals surface area contributed by atoms with Crippen molar-refractivity contribution in [2.45, 2.75) is 26.3 Å². The number of rotatable bonds is 7. The Morgan fingerprint density at radius 3 is 2.62 bits per heavy atom. The van der Waals surface area contributed by atoms with Crippen molar-refractivity contribution < 1.29 is 9.59 Å². The summed E-state index contributed by atoms with van der Waals surface area (Å²) in [4.78, 5) is 33.3. The highest BCUT2D eigenvalue weighted by Gasteiger charge is 2.22. The van der Waals surface area contributed by atoms with Crippen LogP contribution in [0.1, 0.15) is 19.8 Å². The summed E-state index contributed by atoms with van der Waals surface area (Å²) in [5, 5.41) is 14.5. The van der Waals surface area contributed by atoms with Crippen molar-refractivity contribution in [2.75, 3.05) is 36.4 Å². The Hall–Kier alpha value is -3.82. The molecule has 4 rings (SSSR count). The molecule has 3 aromatic rings. The molecule has 10 nitrogen and oxygen atoms in total. The fourth-order valence-electron chi connectivity index (χ4n) is 3.69. The summed E-state index contributed by atoms with van der Waals surface area (Å²) in [5.74, 6) is 1.37. The maximum atomic E-state index is 12.6. The van der Waals surface area contributed by atoms with Crippen LogP contribution in [0.3, 0.4) is 0 Å². The van der Waals surface area contributed by atoms with Gasteiger partial charge in [-0.1, -0.05) is 18.2 Å². The average Bonchev–Trinajstić information content (AvgIpc) is 3.32. The van der Waals surface area contributed by atoms with Gasteiger partial charge in [-0.25, -0.2) is 9.67 Å². The van der Waals surface area contributed by atoms with Crippen LogP contribution in [0.25, 0.3) is 11.4 Å². The molecule has 1 aliphatic rings. The molecule has 1 N–H and O–H groups in total. The fourth-order valence-corrected chi connectivity index (χ4v) is 3.69. The molecule has 0 unspecified atom stereocenters. The van der Waals surface area contributed by atoms with E-state index in [0.29, 0.717) is 31.1 Å². The van der Waals surface area contributed by atoms with E-state index in [1.54, 1.807) is 16.9 Å². The van der Waals surface area contributed by atoms with Gasteiger partial charge in [0.1, 0.15) is 5.82 Å². The van der Waals surface area contributed by atoms with E-state index in [4.69, 9.17) is 0 Å². The Morgan fingerprint density at radius 1 is 1.03 bits per heavy atom. The minimum absolute atomic E-state index is 0.00306. The number of amides is 2. The molecule has 0 atom stereocenters. The molecule has 0 saturated carbocycles. The maximum Gasteiger partial charge on any atom is 0.224 e. The standard InChI is InChI=1S/C22H26N8O2/c1-2-30-22(25-26-27-30)17-6-5-7-18(16-17)24-20(31)9-10-21(32)29-14-12-28(13-15-29)19-8-3-4-11-23-19/h3-8,11,16H,2,9-10,12-15H2,1H3,(H,24,31). The molecule has 10 heteroatoms. The van der Waals surface area contributed by atoms with Gasteiger partial charge in [0.25, 0.3) is 0 Å². The van der Waals surface area contributed by atoms with E-state index in [0.717, 1.165) is 24.5 Å². The molecule has 166 valence electrons. The summed E-state index contributed by atoms with van der Waals surface area (Å²) in [6.45, 7) is 5.34. The van der Waals surface area contributed by atoms with Crippen molar-refractivity contribution in [3.8, 4) is 11.4 Å². The number of pyridine rings is 1.